The van der Waals surface area contributed by atoms with E-state index >= 15 is 0 Å². The number of pyridine rings is 1. The molecule has 7 heteroatoms. The average molecular weight is 481 g/mol. The summed E-state index contributed by atoms with van der Waals surface area (Å²) in [4.78, 5) is 21.3. The first-order valence-electron chi connectivity index (χ1n) is 11.1. The Balaban J connectivity index is 1.54. The van der Waals surface area contributed by atoms with Crippen LogP contribution in [-0.4, -0.2) is 16.9 Å². The van der Waals surface area contributed by atoms with E-state index in [2.05, 4.69) is 10.3 Å². The standard InChI is InChI=1S/C26H26Cl2N4O/c27-21-9-5-19(6-10-21)23-13-18(15-30-25(23)20-7-11-22(28)12-8-20)16-31-26(29)32-24(33)14-17-3-1-2-4-17/h5-13,15,17H,1-4,14,16H2,(H3,29,31,32,33). The van der Waals surface area contributed by atoms with Gasteiger partial charge in [-0.25, -0.2) is 4.99 Å². The molecule has 5 nitrogen and oxygen atoms in total. The number of hydrogen-bond acceptors (Lipinski definition) is 3. The van der Waals surface area contributed by atoms with Crippen LogP contribution in [0.3, 0.4) is 0 Å². The number of nitrogens with two attached hydrogens (primary N) is 1. The number of nitrogens with zero attached hydrogens (tertiary/aromatic N) is 2. The Labute approximate surface area is 204 Å². The summed E-state index contributed by atoms with van der Waals surface area (Å²) in [5, 5.41) is 4.05. The van der Waals surface area contributed by atoms with Gasteiger partial charge in [0.05, 0.1) is 12.2 Å². The molecule has 0 saturated heterocycles. The number of benzene rings is 2. The number of carbonyl (C=O) groups is 1. The molecule has 1 aliphatic rings. The molecular formula is C26H26Cl2N4O. The summed E-state index contributed by atoms with van der Waals surface area (Å²) in [5.74, 6) is 0.526. The molecule has 0 unspecified atom stereocenters. The summed E-state index contributed by atoms with van der Waals surface area (Å²) in [6.45, 7) is 0.310. The van der Waals surface area contributed by atoms with Gasteiger partial charge in [0, 0.05) is 33.8 Å². The predicted molar refractivity (Wildman–Crippen MR) is 135 cm³/mol. The first kappa shape index (κ1) is 23.3. The number of carbonyl (C=O) groups excluding carboxylic acids is 1. The number of amides is 1. The molecule has 0 radical (unpaired) electrons. The molecule has 0 bridgehead atoms. The fourth-order valence-electron chi connectivity index (χ4n) is 4.17. The molecule has 0 aliphatic heterocycles. The lowest BCUT2D eigenvalue weighted by Crippen LogP contribution is -2.37. The number of aromatic nitrogens is 1. The molecule has 2 aromatic carbocycles. The molecule has 0 atom stereocenters. The van der Waals surface area contributed by atoms with Crippen LogP contribution in [0, 0.1) is 5.92 Å². The number of halogens is 2. The average Bonchev–Trinajstić information content (AvgIpc) is 3.31. The second-order valence-corrected chi connectivity index (χ2v) is 9.23. The van der Waals surface area contributed by atoms with E-state index in [4.69, 9.17) is 33.9 Å². The zero-order valence-electron chi connectivity index (χ0n) is 18.2. The second kappa shape index (κ2) is 10.8. The molecule has 3 N–H and O–H groups in total. The van der Waals surface area contributed by atoms with Crippen molar-refractivity contribution in [2.24, 2.45) is 16.6 Å². The highest BCUT2D eigenvalue weighted by Crippen LogP contribution is 2.32. The summed E-state index contributed by atoms with van der Waals surface area (Å²) >= 11 is 12.1. The van der Waals surface area contributed by atoms with Crippen LogP contribution in [-0.2, 0) is 11.3 Å². The van der Waals surface area contributed by atoms with Crippen LogP contribution in [0.2, 0.25) is 10.0 Å². The smallest absolute Gasteiger partial charge is 0.226 e. The molecule has 0 spiro atoms. The maximum absolute atomic E-state index is 12.2. The van der Waals surface area contributed by atoms with Crippen molar-refractivity contribution in [3.8, 4) is 22.4 Å². The third-order valence-electron chi connectivity index (χ3n) is 5.87. The number of nitrogens with one attached hydrogen (secondary N) is 1. The van der Waals surface area contributed by atoms with Crippen LogP contribution < -0.4 is 11.1 Å². The van der Waals surface area contributed by atoms with Crippen LogP contribution in [0.4, 0.5) is 0 Å². The number of hydrogen-bond donors (Lipinski definition) is 2. The summed E-state index contributed by atoms with van der Waals surface area (Å²) in [6, 6.07) is 17.2. The molecule has 1 fully saturated rings. The molecule has 170 valence electrons. The van der Waals surface area contributed by atoms with E-state index in [0.717, 1.165) is 40.8 Å². The van der Waals surface area contributed by atoms with Crippen molar-refractivity contribution in [2.45, 2.75) is 38.6 Å². The number of aliphatic imine (C=N–C) groups is 1. The summed E-state index contributed by atoms with van der Waals surface area (Å²) in [7, 11) is 0. The van der Waals surface area contributed by atoms with Gasteiger partial charge in [-0.2, -0.15) is 0 Å². The predicted octanol–water partition coefficient (Wildman–Crippen LogP) is 6.23. The van der Waals surface area contributed by atoms with E-state index in [1.54, 1.807) is 6.20 Å². The van der Waals surface area contributed by atoms with Crippen LogP contribution in [0.5, 0.6) is 0 Å². The minimum Gasteiger partial charge on any atom is -0.370 e. The molecule has 1 aromatic heterocycles. The molecule has 1 heterocycles. The van der Waals surface area contributed by atoms with Crippen molar-refractivity contribution in [2.75, 3.05) is 0 Å². The van der Waals surface area contributed by atoms with Crippen LogP contribution in [0.1, 0.15) is 37.7 Å². The minimum absolute atomic E-state index is 0.0683. The maximum atomic E-state index is 12.2. The first-order chi connectivity index (χ1) is 16.0. The lowest BCUT2D eigenvalue weighted by Gasteiger charge is -2.12. The van der Waals surface area contributed by atoms with Gasteiger partial charge >= 0.3 is 0 Å². The zero-order chi connectivity index (χ0) is 23.2. The van der Waals surface area contributed by atoms with Crippen molar-refractivity contribution in [1.29, 1.82) is 0 Å². The van der Waals surface area contributed by atoms with E-state index in [0.29, 0.717) is 28.9 Å². The van der Waals surface area contributed by atoms with Crippen molar-refractivity contribution in [3.63, 3.8) is 0 Å². The second-order valence-electron chi connectivity index (χ2n) is 8.36. The van der Waals surface area contributed by atoms with Crippen LogP contribution in [0.25, 0.3) is 22.4 Å². The van der Waals surface area contributed by atoms with Gasteiger partial charge in [-0.3, -0.25) is 15.1 Å². The first-order valence-corrected chi connectivity index (χ1v) is 11.8. The van der Waals surface area contributed by atoms with Gasteiger partial charge in [0.2, 0.25) is 5.91 Å². The van der Waals surface area contributed by atoms with Crippen molar-refractivity contribution in [3.05, 3.63) is 76.4 Å². The Morgan fingerprint density at radius 1 is 1.00 bits per heavy atom. The van der Waals surface area contributed by atoms with Crippen molar-refractivity contribution >= 4 is 35.1 Å². The Morgan fingerprint density at radius 3 is 2.24 bits per heavy atom. The fourth-order valence-corrected chi connectivity index (χ4v) is 4.42. The van der Waals surface area contributed by atoms with E-state index in [-0.39, 0.29) is 11.9 Å². The summed E-state index contributed by atoms with van der Waals surface area (Å²) in [5.41, 5.74) is 10.6. The Kier molecular flexibility index (Phi) is 7.63. The van der Waals surface area contributed by atoms with Crippen molar-refractivity contribution in [1.82, 2.24) is 10.3 Å². The van der Waals surface area contributed by atoms with Gasteiger partial charge in [0.1, 0.15) is 0 Å². The third-order valence-corrected chi connectivity index (χ3v) is 6.37. The molecule has 1 amide bonds. The number of rotatable bonds is 6. The summed E-state index contributed by atoms with van der Waals surface area (Å²) < 4.78 is 0. The largest absolute Gasteiger partial charge is 0.370 e. The highest BCUT2D eigenvalue weighted by Gasteiger charge is 2.18. The Morgan fingerprint density at radius 2 is 1.61 bits per heavy atom. The van der Waals surface area contributed by atoms with Gasteiger partial charge in [0.15, 0.2) is 5.96 Å². The monoisotopic (exact) mass is 480 g/mol. The lowest BCUT2D eigenvalue weighted by atomic mass is 9.98. The quantitative estimate of drug-likeness (QED) is 0.323. The molecule has 1 aliphatic carbocycles. The van der Waals surface area contributed by atoms with Gasteiger partial charge in [-0.1, -0.05) is 60.3 Å². The third kappa shape index (κ3) is 6.34. The van der Waals surface area contributed by atoms with E-state index in [1.165, 1.54) is 12.8 Å². The van der Waals surface area contributed by atoms with Crippen LogP contribution >= 0.6 is 23.2 Å². The van der Waals surface area contributed by atoms with Gasteiger partial charge in [0.25, 0.3) is 0 Å². The normalized spacial score (nSPS) is 14.4. The molecule has 4 rings (SSSR count). The lowest BCUT2D eigenvalue weighted by molar-refractivity contribution is -0.120. The molecule has 33 heavy (non-hydrogen) atoms. The topological polar surface area (TPSA) is 80.4 Å². The maximum Gasteiger partial charge on any atom is 0.226 e. The molecular weight excluding hydrogens is 455 g/mol. The van der Waals surface area contributed by atoms with Crippen molar-refractivity contribution < 1.29 is 4.79 Å². The minimum atomic E-state index is -0.0683. The molecule has 1 saturated carbocycles. The van der Waals surface area contributed by atoms with Gasteiger partial charge < -0.3 is 5.73 Å². The van der Waals surface area contributed by atoms with E-state index in [9.17, 15) is 4.79 Å². The highest BCUT2D eigenvalue weighted by molar-refractivity contribution is 6.31. The zero-order valence-corrected chi connectivity index (χ0v) is 19.7. The summed E-state index contributed by atoms with van der Waals surface area (Å²) in [6.07, 6.45) is 6.93. The molecule has 3 aromatic rings. The number of guanidine groups is 1. The van der Waals surface area contributed by atoms with E-state index in [1.807, 2.05) is 54.6 Å². The fraction of sp³-hybridized carbons (Fsp3) is 0.269. The highest BCUT2D eigenvalue weighted by atomic mass is 35.5. The van der Waals surface area contributed by atoms with Gasteiger partial charge in [-0.15, -0.1) is 0 Å². The SMILES string of the molecule is NC(=NCc1cnc(-c2ccc(Cl)cc2)c(-c2ccc(Cl)cc2)c1)NC(=O)CC1CCCC1. The Bertz CT molecular complexity index is 1140. The van der Waals surface area contributed by atoms with Gasteiger partial charge in [-0.05, 0) is 60.2 Å². The Hall–Kier alpha value is -2.89. The van der Waals surface area contributed by atoms with Crippen LogP contribution in [0.15, 0.2) is 65.8 Å². The van der Waals surface area contributed by atoms with E-state index < -0.39 is 0 Å².